The lowest BCUT2D eigenvalue weighted by Crippen LogP contribution is -2.03. The van der Waals surface area contributed by atoms with E-state index in [4.69, 9.17) is 16.7 Å². The molecule has 1 aromatic carbocycles. The first kappa shape index (κ1) is 10.5. The predicted octanol–water partition coefficient (Wildman–Crippen LogP) is 1.76. The highest BCUT2D eigenvalue weighted by atomic mass is 35.5. The maximum Gasteiger partial charge on any atom is 0.228 e. The minimum atomic E-state index is -0.00814. The average Bonchev–Trinajstić information content (AvgIpc) is 2.56. The monoisotopic (exact) mass is 225 g/mol. The molecular weight excluding hydrogens is 214 g/mol. The van der Waals surface area contributed by atoms with E-state index in [9.17, 15) is 4.79 Å². The van der Waals surface area contributed by atoms with Gasteiger partial charge in [-0.2, -0.15) is 0 Å². The predicted molar refractivity (Wildman–Crippen MR) is 59.2 cm³/mol. The van der Waals surface area contributed by atoms with E-state index in [1.165, 1.54) is 0 Å². The number of anilines is 1. The van der Waals surface area contributed by atoms with E-state index in [2.05, 4.69) is 5.32 Å². The van der Waals surface area contributed by atoms with E-state index in [0.29, 0.717) is 11.4 Å². The van der Waals surface area contributed by atoms with Gasteiger partial charge in [0.05, 0.1) is 17.1 Å². The molecule has 1 aliphatic heterocycles. The molecule has 0 saturated heterocycles. The molecule has 80 valence electrons. The molecule has 4 heteroatoms. The number of amides is 1. The number of nitrogens with one attached hydrogen (secondary N) is 1. The van der Waals surface area contributed by atoms with Gasteiger partial charge in [-0.25, -0.2) is 0 Å². The van der Waals surface area contributed by atoms with E-state index in [1.807, 2.05) is 12.1 Å². The first-order valence-electron chi connectivity index (χ1n) is 4.92. The fourth-order valence-electron chi connectivity index (χ4n) is 1.79. The number of fused-ring (bicyclic) bond motifs is 1. The Balaban J connectivity index is 2.27. The second-order valence-electron chi connectivity index (χ2n) is 3.66. The molecule has 0 saturated carbocycles. The van der Waals surface area contributed by atoms with Crippen LogP contribution in [0.5, 0.6) is 0 Å². The second kappa shape index (κ2) is 4.21. The molecule has 0 bridgehead atoms. The Morgan fingerprint density at radius 3 is 3.00 bits per heavy atom. The zero-order valence-corrected chi connectivity index (χ0v) is 8.97. The average molecular weight is 226 g/mol. The van der Waals surface area contributed by atoms with Crippen LogP contribution in [0.3, 0.4) is 0 Å². The van der Waals surface area contributed by atoms with Gasteiger partial charge >= 0.3 is 0 Å². The zero-order chi connectivity index (χ0) is 10.8. The van der Waals surface area contributed by atoms with Crippen molar-refractivity contribution in [2.45, 2.75) is 19.3 Å². The van der Waals surface area contributed by atoms with Crippen molar-refractivity contribution in [1.29, 1.82) is 0 Å². The summed E-state index contributed by atoms with van der Waals surface area (Å²) >= 11 is 6.04. The summed E-state index contributed by atoms with van der Waals surface area (Å²) in [5, 5.41) is 12.1. The first-order valence-corrected chi connectivity index (χ1v) is 5.30. The maximum absolute atomic E-state index is 11.2. The minimum absolute atomic E-state index is 0.00814. The molecule has 2 rings (SSSR count). The molecule has 3 nitrogen and oxygen atoms in total. The normalized spacial score (nSPS) is 13.9. The van der Waals surface area contributed by atoms with Crippen LogP contribution in [0.2, 0.25) is 5.02 Å². The van der Waals surface area contributed by atoms with Gasteiger partial charge in [-0.15, -0.1) is 0 Å². The van der Waals surface area contributed by atoms with Gasteiger partial charge in [0.1, 0.15) is 0 Å². The van der Waals surface area contributed by atoms with Gasteiger partial charge in [0, 0.05) is 6.61 Å². The van der Waals surface area contributed by atoms with Crippen LogP contribution in [0.4, 0.5) is 5.69 Å². The summed E-state index contributed by atoms with van der Waals surface area (Å²) in [6, 6.07) is 3.83. The molecule has 2 N–H and O–H groups in total. The molecule has 1 aliphatic rings. The van der Waals surface area contributed by atoms with Crippen molar-refractivity contribution >= 4 is 23.2 Å². The summed E-state index contributed by atoms with van der Waals surface area (Å²) in [4.78, 5) is 11.2. The zero-order valence-electron chi connectivity index (χ0n) is 8.22. The van der Waals surface area contributed by atoms with E-state index in [-0.39, 0.29) is 12.5 Å². The van der Waals surface area contributed by atoms with Crippen molar-refractivity contribution < 1.29 is 9.90 Å². The van der Waals surface area contributed by atoms with Gasteiger partial charge in [0.15, 0.2) is 0 Å². The molecule has 15 heavy (non-hydrogen) atoms. The van der Waals surface area contributed by atoms with Gasteiger partial charge in [0.2, 0.25) is 5.91 Å². The molecule has 1 amide bonds. The van der Waals surface area contributed by atoms with Crippen molar-refractivity contribution in [2.75, 3.05) is 11.9 Å². The summed E-state index contributed by atoms with van der Waals surface area (Å²) in [5.41, 5.74) is 2.78. The number of carbonyl (C=O) groups excluding carboxylic acids is 1. The van der Waals surface area contributed by atoms with Crippen LogP contribution in [0.15, 0.2) is 12.1 Å². The number of hydrogen-bond donors (Lipinski definition) is 2. The molecule has 0 aliphatic carbocycles. The second-order valence-corrected chi connectivity index (χ2v) is 4.07. The van der Waals surface area contributed by atoms with Crippen molar-refractivity contribution in [1.82, 2.24) is 0 Å². The fourth-order valence-corrected chi connectivity index (χ4v) is 2.10. The van der Waals surface area contributed by atoms with Crippen LogP contribution < -0.4 is 5.32 Å². The number of aliphatic hydroxyl groups excluding tert-OH is 1. The lowest BCUT2D eigenvalue weighted by atomic mass is 10.0. The number of rotatable bonds is 3. The van der Waals surface area contributed by atoms with E-state index in [1.54, 1.807) is 0 Å². The molecule has 0 atom stereocenters. The van der Waals surface area contributed by atoms with Crippen LogP contribution >= 0.6 is 11.6 Å². The Hall–Kier alpha value is -1.06. The van der Waals surface area contributed by atoms with Gasteiger partial charge < -0.3 is 10.4 Å². The van der Waals surface area contributed by atoms with Crippen molar-refractivity contribution in [2.24, 2.45) is 0 Å². The number of hydrogen-bond acceptors (Lipinski definition) is 2. The number of benzene rings is 1. The molecular formula is C11H12ClNO2. The summed E-state index contributed by atoms with van der Waals surface area (Å²) in [6.07, 6.45) is 1.91. The highest BCUT2D eigenvalue weighted by Gasteiger charge is 2.20. The first-order chi connectivity index (χ1) is 7.20. The number of aryl methyl sites for hydroxylation is 1. The van der Waals surface area contributed by atoms with Crippen molar-refractivity contribution in [3.63, 3.8) is 0 Å². The Bertz CT molecular complexity index is 404. The quantitative estimate of drug-likeness (QED) is 0.824. The summed E-state index contributed by atoms with van der Waals surface area (Å²) in [5.74, 6) is -0.00814. The third-order valence-corrected chi connectivity index (χ3v) is 2.77. The highest BCUT2D eigenvalue weighted by Crippen LogP contribution is 2.32. The molecule has 0 fully saturated rings. The third-order valence-electron chi connectivity index (χ3n) is 2.47. The molecule has 0 unspecified atom stereocenters. The van der Waals surface area contributed by atoms with Gasteiger partial charge in [-0.1, -0.05) is 17.7 Å². The smallest absolute Gasteiger partial charge is 0.228 e. The Morgan fingerprint density at radius 1 is 1.47 bits per heavy atom. The highest BCUT2D eigenvalue weighted by molar-refractivity contribution is 6.34. The summed E-state index contributed by atoms with van der Waals surface area (Å²) in [6.45, 7) is 0.173. The van der Waals surface area contributed by atoms with Crippen LogP contribution in [-0.2, 0) is 17.6 Å². The lowest BCUT2D eigenvalue weighted by Gasteiger charge is -2.05. The summed E-state index contributed by atoms with van der Waals surface area (Å²) in [7, 11) is 0. The van der Waals surface area contributed by atoms with Crippen LogP contribution in [-0.4, -0.2) is 17.6 Å². The summed E-state index contributed by atoms with van der Waals surface area (Å²) < 4.78 is 0. The minimum Gasteiger partial charge on any atom is -0.396 e. The molecule has 1 aromatic rings. The van der Waals surface area contributed by atoms with Crippen LogP contribution in [0.25, 0.3) is 0 Å². The topological polar surface area (TPSA) is 49.3 Å². The standard InChI is InChI=1S/C11H12ClNO2/c12-9-5-7(2-1-3-14)4-8-6-10(15)13-11(8)9/h4-5,14H,1-3,6H2,(H,13,15). The Kier molecular flexibility index (Phi) is 2.93. The van der Waals surface area contributed by atoms with Gasteiger partial charge in [0.25, 0.3) is 0 Å². The molecule has 0 spiro atoms. The molecule has 1 heterocycles. The number of aliphatic hydroxyl groups is 1. The van der Waals surface area contributed by atoms with Crippen molar-refractivity contribution in [3.05, 3.63) is 28.3 Å². The van der Waals surface area contributed by atoms with Gasteiger partial charge in [-0.3, -0.25) is 4.79 Å². The fraction of sp³-hybridized carbons (Fsp3) is 0.364. The van der Waals surface area contributed by atoms with Crippen LogP contribution in [0, 0.1) is 0 Å². The van der Waals surface area contributed by atoms with E-state index in [0.717, 1.165) is 29.7 Å². The van der Waals surface area contributed by atoms with E-state index < -0.39 is 0 Å². The van der Waals surface area contributed by atoms with Gasteiger partial charge in [-0.05, 0) is 30.0 Å². The molecule has 0 aromatic heterocycles. The SMILES string of the molecule is O=C1Cc2cc(CCCO)cc(Cl)c2N1. The number of halogens is 1. The number of carbonyl (C=O) groups is 1. The van der Waals surface area contributed by atoms with Crippen LogP contribution in [0.1, 0.15) is 17.5 Å². The molecule has 0 radical (unpaired) electrons. The lowest BCUT2D eigenvalue weighted by molar-refractivity contribution is -0.115. The van der Waals surface area contributed by atoms with E-state index >= 15 is 0 Å². The Morgan fingerprint density at radius 2 is 2.27 bits per heavy atom. The Labute approximate surface area is 93.1 Å². The largest absolute Gasteiger partial charge is 0.396 e. The maximum atomic E-state index is 11.2. The van der Waals surface area contributed by atoms with Crippen molar-refractivity contribution in [3.8, 4) is 0 Å². The third kappa shape index (κ3) is 2.13.